The number of ether oxygens (including phenoxy) is 2. The second-order valence-electron chi connectivity index (χ2n) is 8.21. The molecular formula is C23H26ClN7O3. The van der Waals surface area contributed by atoms with Gasteiger partial charge in [-0.3, -0.25) is 9.69 Å². The second-order valence-corrected chi connectivity index (χ2v) is 8.57. The van der Waals surface area contributed by atoms with Gasteiger partial charge in [0.2, 0.25) is 0 Å². The summed E-state index contributed by atoms with van der Waals surface area (Å²) >= 11 is 6.46. The molecule has 2 N–H and O–H groups in total. The molecule has 0 atom stereocenters. The first-order valence-corrected chi connectivity index (χ1v) is 11.6. The van der Waals surface area contributed by atoms with Gasteiger partial charge in [-0.15, -0.1) is 10.2 Å². The van der Waals surface area contributed by atoms with E-state index in [9.17, 15) is 4.79 Å². The minimum Gasteiger partial charge on any atom is -0.497 e. The highest BCUT2D eigenvalue weighted by atomic mass is 35.5. The zero-order valence-electron chi connectivity index (χ0n) is 18.9. The SMILES string of the molecule is COc1ccc2nnc(Cl)c(N3CCN(CCNCc4ccc5c(n4)NC(=O)CO5)CC3)c2c1. The van der Waals surface area contributed by atoms with Crippen LogP contribution in [0.1, 0.15) is 5.69 Å². The molecule has 0 radical (unpaired) electrons. The maximum absolute atomic E-state index is 11.5. The second kappa shape index (κ2) is 9.96. The zero-order valence-corrected chi connectivity index (χ0v) is 19.6. The molecule has 0 unspecified atom stereocenters. The van der Waals surface area contributed by atoms with E-state index in [-0.39, 0.29) is 12.5 Å². The van der Waals surface area contributed by atoms with Crippen LogP contribution in [0.2, 0.25) is 5.15 Å². The normalized spacial score (nSPS) is 16.2. The van der Waals surface area contributed by atoms with Gasteiger partial charge in [-0.1, -0.05) is 11.6 Å². The number of hydrogen-bond donors (Lipinski definition) is 2. The Bertz CT molecular complexity index is 1200. The molecule has 34 heavy (non-hydrogen) atoms. The Balaban J connectivity index is 1.13. The Morgan fingerprint density at radius 1 is 1.18 bits per heavy atom. The van der Waals surface area contributed by atoms with Crippen molar-refractivity contribution in [2.75, 3.05) is 63.2 Å². The lowest BCUT2D eigenvalue weighted by atomic mass is 10.1. The van der Waals surface area contributed by atoms with Crippen molar-refractivity contribution < 1.29 is 14.3 Å². The van der Waals surface area contributed by atoms with Crippen molar-refractivity contribution in [2.45, 2.75) is 6.54 Å². The molecule has 4 heterocycles. The Kier molecular flexibility index (Phi) is 6.61. The molecule has 2 aliphatic heterocycles. The fourth-order valence-electron chi connectivity index (χ4n) is 4.23. The summed E-state index contributed by atoms with van der Waals surface area (Å²) in [6.07, 6.45) is 0. The molecule has 2 aliphatic rings. The molecule has 2 aromatic heterocycles. The van der Waals surface area contributed by atoms with Crippen LogP contribution in [-0.4, -0.2) is 79.0 Å². The first-order chi connectivity index (χ1) is 16.6. The average molecular weight is 484 g/mol. The number of nitrogens with one attached hydrogen (secondary N) is 2. The predicted molar refractivity (Wildman–Crippen MR) is 130 cm³/mol. The number of fused-ring (bicyclic) bond motifs is 2. The first-order valence-electron chi connectivity index (χ1n) is 11.2. The van der Waals surface area contributed by atoms with E-state index in [4.69, 9.17) is 21.1 Å². The highest BCUT2D eigenvalue weighted by molar-refractivity contribution is 6.33. The maximum Gasteiger partial charge on any atom is 0.263 e. The van der Waals surface area contributed by atoms with Crippen LogP contribution < -0.4 is 25.0 Å². The standard InChI is InChI=1S/C23H26ClN7O3/c1-33-16-3-4-18-17(12-16)21(22(24)29-28-18)31-10-8-30(9-11-31)7-6-25-13-15-2-5-19-23(26-15)27-20(32)14-34-19/h2-5,12,25H,6-11,13-14H2,1H3,(H,26,27,32). The number of halogens is 1. The van der Waals surface area contributed by atoms with Gasteiger partial charge in [0.15, 0.2) is 23.3 Å². The molecule has 0 spiro atoms. The van der Waals surface area contributed by atoms with Crippen LogP contribution in [0.4, 0.5) is 11.5 Å². The van der Waals surface area contributed by atoms with E-state index in [2.05, 4.69) is 35.6 Å². The molecule has 0 bridgehead atoms. The topological polar surface area (TPSA) is 105 Å². The number of piperazine rings is 1. The Morgan fingerprint density at radius 2 is 2.03 bits per heavy atom. The van der Waals surface area contributed by atoms with E-state index in [0.29, 0.717) is 23.3 Å². The van der Waals surface area contributed by atoms with Gasteiger partial charge in [0, 0.05) is 51.2 Å². The summed E-state index contributed by atoms with van der Waals surface area (Å²) in [5, 5.41) is 15.9. The molecular weight excluding hydrogens is 458 g/mol. The minimum absolute atomic E-state index is 0.0356. The molecule has 5 rings (SSSR count). The van der Waals surface area contributed by atoms with Gasteiger partial charge >= 0.3 is 0 Å². The summed E-state index contributed by atoms with van der Waals surface area (Å²) in [7, 11) is 1.65. The van der Waals surface area contributed by atoms with Crippen LogP contribution in [-0.2, 0) is 11.3 Å². The van der Waals surface area contributed by atoms with Crippen molar-refractivity contribution in [1.29, 1.82) is 0 Å². The summed E-state index contributed by atoms with van der Waals surface area (Å²) in [4.78, 5) is 20.6. The van der Waals surface area contributed by atoms with Gasteiger partial charge in [0.25, 0.3) is 5.91 Å². The third-order valence-corrected chi connectivity index (χ3v) is 6.29. The molecule has 0 saturated carbocycles. The summed E-state index contributed by atoms with van der Waals surface area (Å²) in [6, 6.07) is 9.50. The first kappa shape index (κ1) is 22.6. The lowest BCUT2D eigenvalue weighted by Gasteiger charge is -2.36. The number of carbonyl (C=O) groups excluding carboxylic acids is 1. The average Bonchev–Trinajstić information content (AvgIpc) is 2.86. The quantitative estimate of drug-likeness (QED) is 0.487. The van der Waals surface area contributed by atoms with Gasteiger partial charge in [0.1, 0.15) is 5.75 Å². The van der Waals surface area contributed by atoms with Crippen LogP contribution in [0.3, 0.4) is 0 Å². The molecule has 1 aromatic carbocycles. The third-order valence-electron chi connectivity index (χ3n) is 6.03. The van der Waals surface area contributed by atoms with Gasteiger partial charge in [0.05, 0.1) is 24.0 Å². The van der Waals surface area contributed by atoms with Gasteiger partial charge in [-0.25, -0.2) is 4.98 Å². The van der Waals surface area contributed by atoms with Crippen LogP contribution in [0.25, 0.3) is 10.9 Å². The minimum atomic E-state index is -0.180. The predicted octanol–water partition coefficient (Wildman–Crippen LogP) is 1.93. The lowest BCUT2D eigenvalue weighted by molar-refractivity contribution is -0.118. The Hall–Kier alpha value is -3.21. The number of pyridine rings is 1. The van der Waals surface area contributed by atoms with Crippen LogP contribution in [0.15, 0.2) is 30.3 Å². The summed E-state index contributed by atoms with van der Waals surface area (Å²) in [5.74, 6) is 1.68. The third kappa shape index (κ3) is 4.84. The summed E-state index contributed by atoms with van der Waals surface area (Å²) in [6.45, 7) is 5.96. The molecule has 1 saturated heterocycles. The number of rotatable bonds is 7. The van der Waals surface area contributed by atoms with E-state index in [0.717, 1.165) is 67.3 Å². The smallest absolute Gasteiger partial charge is 0.263 e. The number of methoxy groups -OCH3 is 1. The molecule has 10 nitrogen and oxygen atoms in total. The largest absolute Gasteiger partial charge is 0.497 e. The molecule has 1 amide bonds. The molecule has 3 aromatic rings. The van der Waals surface area contributed by atoms with Crippen LogP contribution in [0.5, 0.6) is 11.5 Å². The van der Waals surface area contributed by atoms with Gasteiger partial charge in [-0.05, 0) is 30.3 Å². The molecule has 178 valence electrons. The number of benzene rings is 1. The van der Waals surface area contributed by atoms with Crippen molar-refractivity contribution in [3.05, 3.63) is 41.2 Å². The van der Waals surface area contributed by atoms with Crippen molar-refractivity contribution in [2.24, 2.45) is 0 Å². The van der Waals surface area contributed by atoms with Crippen LogP contribution >= 0.6 is 11.6 Å². The molecule has 11 heteroatoms. The number of amides is 1. The number of aromatic nitrogens is 3. The van der Waals surface area contributed by atoms with E-state index >= 15 is 0 Å². The van der Waals surface area contributed by atoms with Crippen molar-refractivity contribution >= 4 is 39.9 Å². The highest BCUT2D eigenvalue weighted by Crippen LogP contribution is 2.34. The number of anilines is 2. The zero-order chi connectivity index (χ0) is 23.5. The highest BCUT2D eigenvalue weighted by Gasteiger charge is 2.22. The molecule has 1 fully saturated rings. The van der Waals surface area contributed by atoms with E-state index in [1.807, 2.05) is 30.3 Å². The number of carbonyl (C=O) groups is 1. The van der Waals surface area contributed by atoms with Gasteiger partial charge < -0.3 is 25.0 Å². The number of hydrogen-bond acceptors (Lipinski definition) is 9. The summed E-state index contributed by atoms with van der Waals surface area (Å²) < 4.78 is 10.7. The van der Waals surface area contributed by atoms with E-state index < -0.39 is 0 Å². The van der Waals surface area contributed by atoms with E-state index in [1.165, 1.54) is 0 Å². The molecule has 0 aliphatic carbocycles. The van der Waals surface area contributed by atoms with Crippen molar-refractivity contribution in [1.82, 2.24) is 25.4 Å². The Labute approximate surface area is 202 Å². The van der Waals surface area contributed by atoms with E-state index in [1.54, 1.807) is 7.11 Å². The van der Waals surface area contributed by atoms with Crippen molar-refractivity contribution in [3.63, 3.8) is 0 Å². The number of nitrogens with zero attached hydrogens (tertiary/aromatic N) is 5. The lowest BCUT2D eigenvalue weighted by Crippen LogP contribution is -2.48. The van der Waals surface area contributed by atoms with Crippen molar-refractivity contribution in [3.8, 4) is 11.5 Å². The van der Waals surface area contributed by atoms with Crippen LogP contribution in [0, 0.1) is 0 Å². The fraction of sp³-hybridized carbons (Fsp3) is 0.391. The maximum atomic E-state index is 11.5. The monoisotopic (exact) mass is 483 g/mol. The fourth-order valence-corrected chi connectivity index (χ4v) is 4.49. The Morgan fingerprint density at radius 3 is 2.85 bits per heavy atom. The summed E-state index contributed by atoms with van der Waals surface area (Å²) in [5.41, 5.74) is 2.57. The van der Waals surface area contributed by atoms with Gasteiger partial charge in [-0.2, -0.15) is 0 Å².